The molecule has 1 saturated heterocycles. The van der Waals surface area contributed by atoms with Crippen LogP contribution in [-0.4, -0.2) is 31.2 Å². The summed E-state index contributed by atoms with van der Waals surface area (Å²) in [5, 5.41) is 9.48. The van der Waals surface area contributed by atoms with E-state index in [0.717, 1.165) is 32.4 Å². The SMILES string of the molecule is O=C(NCC[C@H]1CCCN1)NC1CCCCC1. The molecule has 0 aromatic rings. The molecule has 0 unspecified atom stereocenters. The van der Waals surface area contributed by atoms with Gasteiger partial charge >= 0.3 is 6.03 Å². The molecule has 0 aromatic carbocycles. The smallest absolute Gasteiger partial charge is 0.315 e. The standard InChI is InChI=1S/C13H25N3O/c17-13(16-12-5-2-1-3-6-12)15-10-8-11-7-4-9-14-11/h11-12,14H,1-10H2,(H2,15,16,17)/t11-/m1/s1. The normalized spacial score (nSPS) is 25.8. The Labute approximate surface area is 104 Å². The summed E-state index contributed by atoms with van der Waals surface area (Å²) in [6.07, 6.45) is 9.74. The molecule has 2 aliphatic rings. The Morgan fingerprint density at radius 1 is 1.12 bits per heavy atom. The summed E-state index contributed by atoms with van der Waals surface area (Å²) in [7, 11) is 0. The van der Waals surface area contributed by atoms with Crippen LogP contribution >= 0.6 is 0 Å². The van der Waals surface area contributed by atoms with Crippen molar-refractivity contribution >= 4 is 6.03 Å². The van der Waals surface area contributed by atoms with Crippen LogP contribution in [0.1, 0.15) is 51.4 Å². The minimum atomic E-state index is 0.0231. The van der Waals surface area contributed by atoms with Crippen LogP contribution in [0.4, 0.5) is 4.79 Å². The molecule has 0 bridgehead atoms. The Morgan fingerprint density at radius 3 is 2.65 bits per heavy atom. The summed E-state index contributed by atoms with van der Waals surface area (Å²) >= 11 is 0. The minimum Gasteiger partial charge on any atom is -0.338 e. The number of carbonyl (C=O) groups excluding carboxylic acids is 1. The molecule has 2 amide bonds. The van der Waals surface area contributed by atoms with Crippen molar-refractivity contribution in [3.05, 3.63) is 0 Å². The van der Waals surface area contributed by atoms with Crippen molar-refractivity contribution in [3.63, 3.8) is 0 Å². The van der Waals surface area contributed by atoms with E-state index >= 15 is 0 Å². The lowest BCUT2D eigenvalue weighted by molar-refractivity contribution is 0.232. The van der Waals surface area contributed by atoms with Gasteiger partial charge in [0.2, 0.25) is 0 Å². The van der Waals surface area contributed by atoms with E-state index in [1.807, 2.05) is 0 Å². The van der Waals surface area contributed by atoms with Gasteiger partial charge in [-0.05, 0) is 38.6 Å². The predicted octanol–water partition coefficient (Wildman–Crippen LogP) is 1.76. The van der Waals surface area contributed by atoms with Crippen molar-refractivity contribution in [3.8, 4) is 0 Å². The second kappa shape index (κ2) is 6.84. The summed E-state index contributed by atoms with van der Waals surface area (Å²) in [6, 6.07) is 1.05. The van der Waals surface area contributed by atoms with E-state index in [0.29, 0.717) is 12.1 Å². The van der Waals surface area contributed by atoms with Crippen molar-refractivity contribution in [1.82, 2.24) is 16.0 Å². The third kappa shape index (κ3) is 4.54. The van der Waals surface area contributed by atoms with Gasteiger partial charge < -0.3 is 16.0 Å². The van der Waals surface area contributed by atoms with E-state index in [2.05, 4.69) is 16.0 Å². The maximum atomic E-state index is 11.6. The molecule has 0 radical (unpaired) electrons. The number of nitrogens with one attached hydrogen (secondary N) is 3. The lowest BCUT2D eigenvalue weighted by Gasteiger charge is -2.23. The number of hydrogen-bond donors (Lipinski definition) is 3. The molecule has 2 rings (SSSR count). The van der Waals surface area contributed by atoms with Crippen LogP contribution in [0.25, 0.3) is 0 Å². The first-order chi connectivity index (χ1) is 8.34. The summed E-state index contributed by atoms with van der Waals surface area (Å²) in [5.74, 6) is 0. The van der Waals surface area contributed by atoms with Crippen molar-refractivity contribution < 1.29 is 4.79 Å². The number of rotatable bonds is 4. The fourth-order valence-electron chi connectivity index (χ4n) is 2.85. The van der Waals surface area contributed by atoms with E-state index < -0.39 is 0 Å². The van der Waals surface area contributed by atoms with Crippen LogP contribution in [0.15, 0.2) is 0 Å². The van der Waals surface area contributed by atoms with Gasteiger partial charge in [-0.2, -0.15) is 0 Å². The molecule has 4 heteroatoms. The van der Waals surface area contributed by atoms with Gasteiger partial charge in [-0.3, -0.25) is 0 Å². The van der Waals surface area contributed by atoms with Crippen LogP contribution in [0.2, 0.25) is 0 Å². The molecule has 1 aliphatic carbocycles. The Morgan fingerprint density at radius 2 is 1.94 bits per heavy atom. The molecule has 1 heterocycles. The third-order valence-corrected chi connectivity index (χ3v) is 3.88. The number of carbonyl (C=O) groups is 1. The number of amides is 2. The minimum absolute atomic E-state index is 0.0231. The quantitative estimate of drug-likeness (QED) is 0.700. The van der Waals surface area contributed by atoms with Crippen molar-refractivity contribution in [2.24, 2.45) is 0 Å². The lowest BCUT2D eigenvalue weighted by Crippen LogP contribution is -2.43. The lowest BCUT2D eigenvalue weighted by atomic mass is 9.96. The van der Waals surface area contributed by atoms with Gasteiger partial charge in [0.1, 0.15) is 0 Å². The summed E-state index contributed by atoms with van der Waals surface area (Å²) in [5.41, 5.74) is 0. The van der Waals surface area contributed by atoms with E-state index in [-0.39, 0.29) is 6.03 Å². The second-order valence-corrected chi connectivity index (χ2v) is 5.32. The highest BCUT2D eigenvalue weighted by Gasteiger charge is 2.16. The average molecular weight is 239 g/mol. The Kier molecular flexibility index (Phi) is 5.10. The maximum Gasteiger partial charge on any atom is 0.315 e. The zero-order chi connectivity index (χ0) is 11.9. The van der Waals surface area contributed by atoms with Gasteiger partial charge in [-0.1, -0.05) is 19.3 Å². The highest BCUT2D eigenvalue weighted by atomic mass is 16.2. The second-order valence-electron chi connectivity index (χ2n) is 5.32. The summed E-state index contributed by atoms with van der Waals surface area (Å²) < 4.78 is 0. The molecule has 1 saturated carbocycles. The first-order valence-corrected chi connectivity index (χ1v) is 7.12. The largest absolute Gasteiger partial charge is 0.338 e. The molecule has 2 fully saturated rings. The molecule has 17 heavy (non-hydrogen) atoms. The van der Waals surface area contributed by atoms with Crippen LogP contribution in [0.5, 0.6) is 0 Å². The molecule has 1 aliphatic heterocycles. The van der Waals surface area contributed by atoms with Gasteiger partial charge in [0.05, 0.1) is 0 Å². The maximum absolute atomic E-state index is 11.6. The van der Waals surface area contributed by atoms with Crippen LogP contribution < -0.4 is 16.0 Å². The van der Waals surface area contributed by atoms with E-state index in [1.54, 1.807) is 0 Å². The molecule has 0 spiro atoms. The topological polar surface area (TPSA) is 53.2 Å². The zero-order valence-corrected chi connectivity index (χ0v) is 10.6. The average Bonchev–Trinajstić information content (AvgIpc) is 2.83. The van der Waals surface area contributed by atoms with Crippen LogP contribution in [0.3, 0.4) is 0 Å². The third-order valence-electron chi connectivity index (χ3n) is 3.88. The summed E-state index contributed by atoms with van der Waals surface area (Å²) in [6.45, 7) is 1.93. The molecular formula is C13H25N3O. The van der Waals surface area contributed by atoms with Gasteiger partial charge in [-0.15, -0.1) is 0 Å². The molecule has 98 valence electrons. The van der Waals surface area contributed by atoms with Crippen LogP contribution in [-0.2, 0) is 0 Å². The first kappa shape index (κ1) is 12.7. The fraction of sp³-hybridized carbons (Fsp3) is 0.923. The first-order valence-electron chi connectivity index (χ1n) is 7.12. The van der Waals surface area contributed by atoms with Crippen molar-refractivity contribution in [2.45, 2.75) is 63.5 Å². The van der Waals surface area contributed by atoms with Crippen molar-refractivity contribution in [2.75, 3.05) is 13.1 Å². The monoisotopic (exact) mass is 239 g/mol. The van der Waals surface area contributed by atoms with Crippen molar-refractivity contribution in [1.29, 1.82) is 0 Å². The van der Waals surface area contributed by atoms with E-state index in [1.165, 1.54) is 32.1 Å². The fourth-order valence-corrected chi connectivity index (χ4v) is 2.85. The predicted molar refractivity (Wildman–Crippen MR) is 69.0 cm³/mol. The Bertz CT molecular complexity index is 233. The molecule has 4 nitrogen and oxygen atoms in total. The molecule has 1 atom stereocenters. The zero-order valence-electron chi connectivity index (χ0n) is 10.6. The van der Waals surface area contributed by atoms with Gasteiger partial charge in [-0.25, -0.2) is 4.79 Å². The van der Waals surface area contributed by atoms with Gasteiger partial charge in [0.15, 0.2) is 0 Å². The van der Waals surface area contributed by atoms with Crippen LogP contribution in [0, 0.1) is 0 Å². The van der Waals surface area contributed by atoms with E-state index in [4.69, 9.17) is 0 Å². The molecular weight excluding hydrogens is 214 g/mol. The Balaban J connectivity index is 1.53. The van der Waals surface area contributed by atoms with Gasteiger partial charge in [0, 0.05) is 18.6 Å². The highest BCUT2D eigenvalue weighted by molar-refractivity contribution is 5.74. The van der Waals surface area contributed by atoms with Gasteiger partial charge in [0.25, 0.3) is 0 Å². The molecule has 0 aromatic heterocycles. The Hall–Kier alpha value is -0.770. The highest BCUT2D eigenvalue weighted by Crippen LogP contribution is 2.17. The summed E-state index contributed by atoms with van der Waals surface area (Å²) in [4.78, 5) is 11.6. The number of urea groups is 1. The molecule has 3 N–H and O–H groups in total. The number of hydrogen-bond acceptors (Lipinski definition) is 2. The van der Waals surface area contributed by atoms with E-state index in [9.17, 15) is 4.79 Å².